The molecule has 3 aromatic carbocycles. The second kappa shape index (κ2) is 13.2. The number of fused-ring (bicyclic) bond motifs is 1. The highest BCUT2D eigenvalue weighted by atomic mass is 32.1. The molecule has 0 aliphatic heterocycles. The summed E-state index contributed by atoms with van der Waals surface area (Å²) in [4.78, 5) is 48.0. The molecular weight excluding hydrogens is 552 g/mol. The molecule has 0 unspecified atom stereocenters. The Morgan fingerprint density at radius 2 is 1.21 bits per heavy atom. The highest BCUT2D eigenvalue weighted by Crippen LogP contribution is 2.36. The molecule has 0 saturated carbocycles. The first-order valence-electron chi connectivity index (χ1n) is 13.4. The highest BCUT2D eigenvalue weighted by molar-refractivity contribution is 7.21. The number of carboxylic acids is 1. The number of aromatic carboxylic acids is 1. The van der Waals surface area contributed by atoms with E-state index >= 15 is 0 Å². The van der Waals surface area contributed by atoms with Crippen LogP contribution in [0.1, 0.15) is 92.2 Å². The highest BCUT2D eigenvalue weighted by Gasteiger charge is 2.22. The van der Waals surface area contributed by atoms with Gasteiger partial charge in [-0.05, 0) is 94.8 Å². The van der Waals surface area contributed by atoms with Crippen LogP contribution in [0.4, 0.5) is 0 Å². The first-order valence-corrected chi connectivity index (χ1v) is 14.2. The van der Waals surface area contributed by atoms with Gasteiger partial charge < -0.3 is 14.6 Å². The van der Waals surface area contributed by atoms with Crippen molar-refractivity contribution in [3.8, 4) is 0 Å². The average Bonchev–Trinajstić information content (AvgIpc) is 3.21. The van der Waals surface area contributed by atoms with E-state index in [4.69, 9.17) is 9.47 Å². The van der Waals surface area contributed by atoms with E-state index in [1.54, 1.807) is 20.1 Å². The van der Waals surface area contributed by atoms with Crippen LogP contribution in [0.2, 0.25) is 0 Å². The van der Waals surface area contributed by atoms with Crippen molar-refractivity contribution in [1.29, 1.82) is 0 Å². The van der Waals surface area contributed by atoms with Gasteiger partial charge in [-0.2, -0.15) is 0 Å². The summed E-state index contributed by atoms with van der Waals surface area (Å²) in [5.41, 5.74) is 8.52. The van der Waals surface area contributed by atoms with Gasteiger partial charge in [-0.15, -0.1) is 11.3 Å². The lowest BCUT2D eigenvalue weighted by Gasteiger charge is -2.12. The molecule has 0 bridgehead atoms. The van der Waals surface area contributed by atoms with E-state index in [-0.39, 0.29) is 10.7 Å². The molecule has 220 valence electrons. The maximum atomic E-state index is 12.4. The zero-order valence-corrected chi connectivity index (χ0v) is 26.3. The fourth-order valence-corrected chi connectivity index (χ4v) is 6.63. The number of rotatable bonds is 6. The number of carbonyl (C=O) groups is 4. The van der Waals surface area contributed by atoms with Gasteiger partial charge in [-0.1, -0.05) is 41.5 Å². The number of carbonyl (C=O) groups excluding carboxylic acids is 3. The number of benzene rings is 3. The van der Waals surface area contributed by atoms with E-state index in [1.807, 2.05) is 71.9 Å². The fraction of sp³-hybridized carbons (Fsp3) is 0.294. The lowest BCUT2D eigenvalue weighted by atomic mass is 9.99. The number of aryl methyl sites for hydroxylation is 7. The summed E-state index contributed by atoms with van der Waals surface area (Å²) < 4.78 is 11.0. The van der Waals surface area contributed by atoms with Crippen LogP contribution < -0.4 is 0 Å². The van der Waals surface area contributed by atoms with E-state index in [0.29, 0.717) is 28.9 Å². The maximum absolute atomic E-state index is 12.4. The van der Waals surface area contributed by atoms with E-state index in [1.165, 1.54) is 6.92 Å². The Bertz CT molecular complexity index is 1610. The third-order valence-electron chi connectivity index (χ3n) is 6.98. The van der Waals surface area contributed by atoms with Gasteiger partial charge in [0.05, 0.1) is 17.7 Å². The van der Waals surface area contributed by atoms with E-state index in [0.717, 1.165) is 60.4 Å². The van der Waals surface area contributed by atoms with Gasteiger partial charge in [-0.3, -0.25) is 4.79 Å². The van der Waals surface area contributed by atoms with Gasteiger partial charge in [0.1, 0.15) is 4.88 Å². The molecule has 8 heteroatoms. The molecule has 4 aromatic rings. The molecule has 7 nitrogen and oxygen atoms in total. The first-order chi connectivity index (χ1) is 19.7. The van der Waals surface area contributed by atoms with Crippen molar-refractivity contribution in [2.45, 2.75) is 62.0 Å². The second-order valence-electron chi connectivity index (χ2n) is 10.6. The number of esters is 2. The molecule has 1 aromatic heterocycles. The first kappa shape index (κ1) is 32.4. The van der Waals surface area contributed by atoms with Gasteiger partial charge in [0.15, 0.2) is 5.78 Å². The molecule has 4 rings (SSSR count). The molecule has 0 atom stereocenters. The summed E-state index contributed by atoms with van der Waals surface area (Å²) >= 11 is 1.15. The minimum atomic E-state index is -0.962. The summed E-state index contributed by atoms with van der Waals surface area (Å²) in [5, 5.41) is 10.0. The SMILES string of the molecule is COCc1ccc(C(C)=O)c2sc(C(=O)O)c(C)c12.Cc1cc(C)c(C(=O)OC(=O)c2c(C)cc(C)cc2C)c(C)c1. The van der Waals surface area contributed by atoms with Crippen LogP contribution in [0, 0.1) is 48.5 Å². The van der Waals surface area contributed by atoms with Gasteiger partial charge in [0.2, 0.25) is 0 Å². The molecule has 0 aliphatic carbocycles. The minimum Gasteiger partial charge on any atom is -0.477 e. The molecule has 0 amide bonds. The average molecular weight is 589 g/mol. The van der Waals surface area contributed by atoms with Crippen LogP contribution in [-0.4, -0.2) is 35.9 Å². The van der Waals surface area contributed by atoms with Crippen molar-refractivity contribution < 1.29 is 33.8 Å². The van der Waals surface area contributed by atoms with Crippen LogP contribution >= 0.6 is 11.3 Å². The standard InChI is InChI=1S/C20H22O3.C14H14O4S/c1-11-7-13(3)17(14(4)8-11)19(21)23-20(22)18-15(5)9-12(2)10-16(18)6;1-7-11-9(6-18-3)4-5-10(8(2)15)13(11)19-12(7)14(16)17/h7-10H,1-6H3;4-5H,6H2,1-3H3,(H,16,17). The van der Waals surface area contributed by atoms with Gasteiger partial charge in [0.25, 0.3) is 0 Å². The number of hydrogen-bond acceptors (Lipinski definition) is 7. The van der Waals surface area contributed by atoms with Crippen molar-refractivity contribution in [2.75, 3.05) is 7.11 Å². The number of hydrogen-bond donors (Lipinski definition) is 1. The number of ketones is 1. The molecule has 1 N–H and O–H groups in total. The van der Waals surface area contributed by atoms with Crippen LogP contribution in [0.25, 0.3) is 10.1 Å². The lowest BCUT2D eigenvalue weighted by Crippen LogP contribution is -2.17. The number of ether oxygens (including phenoxy) is 2. The second-order valence-corrected chi connectivity index (χ2v) is 11.6. The lowest BCUT2D eigenvalue weighted by molar-refractivity contribution is 0.0395. The Labute approximate surface area is 250 Å². The van der Waals surface area contributed by atoms with Crippen LogP contribution in [-0.2, 0) is 16.1 Å². The fourth-order valence-electron chi connectivity index (χ4n) is 5.38. The summed E-state index contributed by atoms with van der Waals surface area (Å²) in [7, 11) is 1.59. The van der Waals surface area contributed by atoms with E-state index in [2.05, 4.69) is 0 Å². The van der Waals surface area contributed by atoms with Crippen LogP contribution in [0.15, 0.2) is 36.4 Å². The summed E-state index contributed by atoms with van der Waals surface area (Å²) in [6.45, 7) is 15.0. The Kier molecular flexibility index (Phi) is 10.2. The van der Waals surface area contributed by atoms with Gasteiger partial charge >= 0.3 is 17.9 Å². The predicted molar refractivity (Wildman–Crippen MR) is 165 cm³/mol. The molecule has 0 fully saturated rings. The maximum Gasteiger partial charge on any atom is 0.346 e. The quantitative estimate of drug-likeness (QED) is 0.139. The molecule has 0 saturated heterocycles. The molecule has 1 heterocycles. The third-order valence-corrected chi connectivity index (χ3v) is 8.30. The van der Waals surface area contributed by atoms with Gasteiger partial charge in [0, 0.05) is 22.8 Å². The summed E-state index contributed by atoms with van der Waals surface area (Å²) in [6, 6.07) is 11.2. The molecule has 42 heavy (non-hydrogen) atoms. The zero-order valence-electron chi connectivity index (χ0n) is 25.5. The Hall–Kier alpha value is -4.14. The predicted octanol–water partition coefficient (Wildman–Crippen LogP) is 7.79. The summed E-state index contributed by atoms with van der Waals surface area (Å²) in [6.07, 6.45) is 0. The Morgan fingerprint density at radius 3 is 1.60 bits per heavy atom. The zero-order chi connectivity index (χ0) is 31.5. The van der Waals surface area contributed by atoms with Crippen molar-refractivity contribution >= 4 is 45.1 Å². The molecule has 0 radical (unpaired) electrons. The number of carboxylic acid groups (broad SMARTS) is 1. The smallest absolute Gasteiger partial charge is 0.346 e. The largest absolute Gasteiger partial charge is 0.477 e. The van der Waals surface area contributed by atoms with E-state index in [9.17, 15) is 24.3 Å². The molecule has 0 spiro atoms. The summed E-state index contributed by atoms with van der Waals surface area (Å²) in [5.74, 6) is -2.21. The molecular formula is C34H36O7S. The Morgan fingerprint density at radius 1 is 0.762 bits per heavy atom. The number of methoxy groups -OCH3 is 1. The van der Waals surface area contributed by atoms with Crippen molar-refractivity contribution in [3.05, 3.63) is 102 Å². The van der Waals surface area contributed by atoms with Crippen molar-refractivity contribution in [3.63, 3.8) is 0 Å². The van der Waals surface area contributed by atoms with Gasteiger partial charge in [-0.25, -0.2) is 14.4 Å². The topological polar surface area (TPSA) is 107 Å². The van der Waals surface area contributed by atoms with E-state index < -0.39 is 17.9 Å². The third kappa shape index (κ3) is 6.83. The van der Waals surface area contributed by atoms with Crippen LogP contribution in [0.5, 0.6) is 0 Å². The monoisotopic (exact) mass is 588 g/mol. The normalized spacial score (nSPS) is 10.7. The van der Waals surface area contributed by atoms with Crippen LogP contribution in [0.3, 0.4) is 0 Å². The van der Waals surface area contributed by atoms with Crippen molar-refractivity contribution in [2.24, 2.45) is 0 Å². The van der Waals surface area contributed by atoms with Crippen molar-refractivity contribution in [1.82, 2.24) is 0 Å². The minimum absolute atomic E-state index is 0.0628. The number of Topliss-reactive ketones (excluding diaryl/α,β-unsaturated/α-hetero) is 1. The molecule has 0 aliphatic rings. The number of thiophene rings is 1. The Balaban J connectivity index is 0.000000235.